The number of benzene rings is 1. The van der Waals surface area contributed by atoms with Crippen LogP contribution in [0.1, 0.15) is 11.1 Å². The summed E-state index contributed by atoms with van der Waals surface area (Å²) in [6.45, 7) is 3.80. The third kappa shape index (κ3) is 4.17. The Balaban J connectivity index is 1.65. The van der Waals surface area contributed by atoms with Crippen molar-refractivity contribution < 1.29 is 8.42 Å². The van der Waals surface area contributed by atoms with Crippen LogP contribution in [0.3, 0.4) is 0 Å². The van der Waals surface area contributed by atoms with Gasteiger partial charge in [-0.3, -0.25) is 9.58 Å². The van der Waals surface area contributed by atoms with Crippen molar-refractivity contribution in [1.82, 2.24) is 19.0 Å². The summed E-state index contributed by atoms with van der Waals surface area (Å²) in [5, 5.41) is 9.43. The maximum absolute atomic E-state index is 11.4. The Morgan fingerprint density at radius 2 is 1.65 bits per heavy atom. The Labute approximate surface area is 136 Å². The van der Waals surface area contributed by atoms with Crippen LogP contribution in [0.4, 0.5) is 0 Å². The van der Waals surface area contributed by atoms with Gasteiger partial charge in [0.25, 0.3) is 10.2 Å². The average molecular weight is 335 g/mol. The molecule has 0 amide bonds. The van der Waals surface area contributed by atoms with Crippen molar-refractivity contribution in [2.75, 3.05) is 26.2 Å². The van der Waals surface area contributed by atoms with Crippen LogP contribution in [0.25, 0.3) is 0 Å². The molecular weight excluding hydrogens is 314 g/mol. The van der Waals surface area contributed by atoms with Gasteiger partial charge in [-0.05, 0) is 17.2 Å². The van der Waals surface area contributed by atoms with Gasteiger partial charge >= 0.3 is 0 Å². The third-order valence-corrected chi connectivity index (χ3v) is 5.18. The van der Waals surface area contributed by atoms with E-state index in [0.29, 0.717) is 26.2 Å². The monoisotopic (exact) mass is 335 g/mol. The number of piperazine rings is 1. The highest BCUT2D eigenvalue weighted by Crippen LogP contribution is 2.15. The Bertz CT molecular complexity index is 737. The number of hydrogen-bond acceptors (Lipinski definition) is 4. The zero-order valence-corrected chi connectivity index (χ0v) is 13.7. The van der Waals surface area contributed by atoms with Gasteiger partial charge in [0, 0.05) is 45.1 Å². The Morgan fingerprint density at radius 3 is 2.22 bits per heavy atom. The van der Waals surface area contributed by atoms with E-state index >= 15 is 0 Å². The molecule has 0 atom stereocenters. The second kappa shape index (κ2) is 6.79. The van der Waals surface area contributed by atoms with Crippen molar-refractivity contribution in [3.63, 3.8) is 0 Å². The first-order valence-electron chi connectivity index (χ1n) is 7.57. The van der Waals surface area contributed by atoms with Crippen molar-refractivity contribution >= 4 is 10.2 Å². The number of hydrogen-bond donors (Lipinski definition) is 1. The molecule has 1 aliphatic heterocycles. The van der Waals surface area contributed by atoms with Crippen molar-refractivity contribution in [2.45, 2.75) is 13.1 Å². The lowest BCUT2D eigenvalue weighted by molar-refractivity contribution is 0.181. The molecule has 8 heteroatoms. The van der Waals surface area contributed by atoms with Gasteiger partial charge in [-0.1, -0.05) is 24.3 Å². The quantitative estimate of drug-likeness (QED) is 0.849. The maximum atomic E-state index is 11.4. The zero-order valence-electron chi connectivity index (χ0n) is 12.9. The number of aromatic nitrogens is 2. The highest BCUT2D eigenvalue weighted by atomic mass is 32.2. The molecule has 2 N–H and O–H groups in total. The Morgan fingerprint density at radius 1 is 1.00 bits per heavy atom. The first-order valence-corrected chi connectivity index (χ1v) is 9.07. The molecular formula is C15H21N5O2S. The van der Waals surface area contributed by atoms with E-state index in [0.717, 1.165) is 13.1 Å². The Kier molecular flexibility index (Phi) is 4.76. The molecule has 1 aromatic heterocycles. The maximum Gasteiger partial charge on any atom is 0.276 e. The summed E-state index contributed by atoms with van der Waals surface area (Å²) >= 11 is 0. The molecule has 23 heavy (non-hydrogen) atoms. The summed E-state index contributed by atoms with van der Waals surface area (Å²) in [5.74, 6) is 0. The van der Waals surface area contributed by atoms with Gasteiger partial charge in [-0.2, -0.15) is 17.8 Å². The lowest BCUT2D eigenvalue weighted by Crippen LogP contribution is -2.50. The summed E-state index contributed by atoms with van der Waals surface area (Å²) in [4.78, 5) is 2.25. The predicted octanol–water partition coefficient (Wildman–Crippen LogP) is 0.253. The summed E-state index contributed by atoms with van der Waals surface area (Å²) in [6, 6.07) is 10.2. The van der Waals surface area contributed by atoms with Gasteiger partial charge in [0.05, 0.1) is 6.54 Å². The van der Waals surface area contributed by atoms with E-state index in [1.54, 1.807) is 6.20 Å². The van der Waals surface area contributed by atoms with Gasteiger partial charge in [-0.25, -0.2) is 5.14 Å². The number of nitrogens with zero attached hydrogens (tertiary/aromatic N) is 4. The highest BCUT2D eigenvalue weighted by Gasteiger charge is 2.24. The molecule has 0 bridgehead atoms. The lowest BCUT2D eigenvalue weighted by Gasteiger charge is -2.33. The largest absolute Gasteiger partial charge is 0.296 e. The third-order valence-electron chi connectivity index (χ3n) is 4.10. The topological polar surface area (TPSA) is 84.5 Å². The highest BCUT2D eigenvalue weighted by molar-refractivity contribution is 7.86. The van der Waals surface area contributed by atoms with E-state index in [2.05, 4.69) is 22.1 Å². The second-order valence-electron chi connectivity index (χ2n) is 5.69. The van der Waals surface area contributed by atoms with Gasteiger partial charge in [0.2, 0.25) is 0 Å². The molecule has 3 rings (SSSR count). The van der Waals surface area contributed by atoms with Crippen LogP contribution in [0, 0.1) is 0 Å². The standard InChI is InChI=1S/C15H21N5O2S/c16-23(21,22)20-10-8-18(9-11-20)12-14-4-1-2-5-15(14)13-19-7-3-6-17-19/h1-7H,8-13H2,(H2,16,21,22). The molecule has 1 aliphatic rings. The fourth-order valence-corrected chi connectivity index (χ4v) is 3.49. The molecule has 7 nitrogen and oxygen atoms in total. The zero-order chi connectivity index (χ0) is 16.3. The van der Waals surface area contributed by atoms with Gasteiger partial charge in [0.1, 0.15) is 0 Å². The van der Waals surface area contributed by atoms with Gasteiger partial charge in [0.15, 0.2) is 0 Å². The summed E-state index contributed by atoms with van der Waals surface area (Å²) < 4.78 is 26.0. The Hall–Kier alpha value is -1.74. The fraction of sp³-hybridized carbons (Fsp3) is 0.400. The van der Waals surface area contributed by atoms with Crippen LogP contribution in [0.15, 0.2) is 42.7 Å². The van der Waals surface area contributed by atoms with E-state index < -0.39 is 10.2 Å². The molecule has 2 heterocycles. The molecule has 1 saturated heterocycles. The fourth-order valence-electron chi connectivity index (χ4n) is 2.82. The average Bonchev–Trinajstić information content (AvgIpc) is 3.02. The number of nitrogens with two attached hydrogens (primary N) is 1. The summed E-state index contributed by atoms with van der Waals surface area (Å²) in [5.41, 5.74) is 2.47. The van der Waals surface area contributed by atoms with Crippen LogP contribution in [-0.2, 0) is 23.3 Å². The molecule has 2 aromatic rings. The molecule has 0 spiro atoms. The van der Waals surface area contributed by atoms with Crippen LogP contribution < -0.4 is 5.14 Å². The van der Waals surface area contributed by atoms with Crippen molar-refractivity contribution in [3.05, 3.63) is 53.9 Å². The van der Waals surface area contributed by atoms with E-state index in [1.165, 1.54) is 15.4 Å². The molecule has 124 valence electrons. The van der Waals surface area contributed by atoms with Crippen LogP contribution in [-0.4, -0.2) is 53.6 Å². The SMILES string of the molecule is NS(=O)(=O)N1CCN(Cc2ccccc2Cn2cccn2)CC1. The van der Waals surface area contributed by atoms with E-state index in [-0.39, 0.29) is 0 Å². The lowest BCUT2D eigenvalue weighted by atomic mass is 10.1. The predicted molar refractivity (Wildman–Crippen MR) is 87.7 cm³/mol. The van der Waals surface area contributed by atoms with Gasteiger partial charge < -0.3 is 0 Å². The number of rotatable bonds is 5. The first kappa shape index (κ1) is 16.1. The van der Waals surface area contributed by atoms with Crippen LogP contribution >= 0.6 is 0 Å². The molecule has 1 aromatic carbocycles. The minimum Gasteiger partial charge on any atom is -0.296 e. The van der Waals surface area contributed by atoms with Crippen molar-refractivity contribution in [3.8, 4) is 0 Å². The molecule has 0 unspecified atom stereocenters. The van der Waals surface area contributed by atoms with Crippen molar-refractivity contribution in [1.29, 1.82) is 0 Å². The summed E-state index contributed by atoms with van der Waals surface area (Å²) in [7, 11) is -3.57. The molecule has 0 aliphatic carbocycles. The van der Waals surface area contributed by atoms with Crippen molar-refractivity contribution in [2.24, 2.45) is 5.14 Å². The van der Waals surface area contributed by atoms with E-state index in [9.17, 15) is 8.42 Å². The molecule has 1 fully saturated rings. The molecule has 0 saturated carbocycles. The van der Waals surface area contributed by atoms with Crippen LogP contribution in [0.5, 0.6) is 0 Å². The minimum absolute atomic E-state index is 0.445. The van der Waals surface area contributed by atoms with E-state index in [1.807, 2.05) is 29.1 Å². The van der Waals surface area contributed by atoms with Crippen LogP contribution in [0.2, 0.25) is 0 Å². The van der Waals surface area contributed by atoms with E-state index in [4.69, 9.17) is 5.14 Å². The summed E-state index contributed by atoms with van der Waals surface area (Å²) in [6.07, 6.45) is 3.72. The minimum atomic E-state index is -3.57. The normalized spacial score (nSPS) is 17.4. The first-order chi connectivity index (χ1) is 11.0. The van der Waals surface area contributed by atoms with Gasteiger partial charge in [-0.15, -0.1) is 0 Å². The molecule has 0 radical (unpaired) electrons. The second-order valence-corrected chi connectivity index (χ2v) is 7.24. The smallest absolute Gasteiger partial charge is 0.276 e.